The van der Waals surface area contributed by atoms with Crippen LogP contribution in [0.25, 0.3) is 0 Å². The van der Waals surface area contributed by atoms with E-state index in [0.717, 1.165) is 5.56 Å². The monoisotopic (exact) mass is 322 g/mol. The van der Waals surface area contributed by atoms with Crippen LogP contribution in [0.5, 0.6) is 0 Å². The summed E-state index contributed by atoms with van der Waals surface area (Å²) in [6, 6.07) is 6.44. The number of nitrogens with zero attached hydrogens (tertiary/aromatic N) is 2. The second kappa shape index (κ2) is 8.06. The van der Waals surface area contributed by atoms with Crippen LogP contribution in [0.3, 0.4) is 0 Å². The number of rotatable bonds is 5. The van der Waals surface area contributed by atoms with Gasteiger partial charge in [0.1, 0.15) is 12.4 Å². The molecule has 1 fully saturated rings. The highest BCUT2D eigenvalue weighted by Crippen LogP contribution is 2.15. The van der Waals surface area contributed by atoms with Crippen molar-refractivity contribution in [3.05, 3.63) is 35.6 Å². The fraction of sp³-hybridized carbons (Fsp3) is 0.529. The van der Waals surface area contributed by atoms with Crippen LogP contribution in [0.1, 0.15) is 18.9 Å². The predicted molar refractivity (Wildman–Crippen MR) is 84.1 cm³/mol. The molecular weight excluding hydrogens is 299 g/mol. The van der Waals surface area contributed by atoms with E-state index in [-0.39, 0.29) is 23.5 Å². The first-order valence-electron chi connectivity index (χ1n) is 7.93. The summed E-state index contributed by atoms with van der Waals surface area (Å²) < 4.78 is 13.1. The molecule has 2 amide bonds. The molecule has 1 atom stereocenters. The summed E-state index contributed by atoms with van der Waals surface area (Å²) in [7, 11) is 0. The van der Waals surface area contributed by atoms with Crippen molar-refractivity contribution >= 4 is 11.8 Å². The number of amides is 2. The maximum Gasteiger partial charge on any atom is 0.248 e. The van der Waals surface area contributed by atoms with Crippen LogP contribution < -0.4 is 0 Å². The SMILES string of the molecule is CC(CCc1cccc(F)c1)C(=O)N1CCN(C(=O)CO)CC1. The molecule has 0 aliphatic carbocycles. The molecule has 2 rings (SSSR count). The van der Waals surface area contributed by atoms with Crippen LogP contribution >= 0.6 is 0 Å². The maximum absolute atomic E-state index is 13.1. The number of carbonyl (C=O) groups is 2. The summed E-state index contributed by atoms with van der Waals surface area (Å²) in [6.45, 7) is 3.30. The molecule has 1 aromatic carbocycles. The van der Waals surface area contributed by atoms with Crippen LogP contribution in [0.4, 0.5) is 4.39 Å². The summed E-state index contributed by atoms with van der Waals surface area (Å²) in [5.41, 5.74) is 0.892. The number of aliphatic hydroxyl groups excluding tert-OH is 1. The van der Waals surface area contributed by atoms with E-state index in [0.29, 0.717) is 39.0 Å². The Bertz CT molecular complexity index is 557. The Morgan fingerprint density at radius 3 is 2.48 bits per heavy atom. The first-order valence-corrected chi connectivity index (χ1v) is 7.93. The molecule has 1 heterocycles. The standard InChI is InChI=1S/C17H23FN2O3/c1-13(5-6-14-3-2-4-15(18)11-14)17(23)20-9-7-19(8-10-20)16(22)12-21/h2-4,11,13,21H,5-10,12H2,1H3. The number of hydrogen-bond donors (Lipinski definition) is 1. The Morgan fingerprint density at radius 1 is 1.22 bits per heavy atom. The van der Waals surface area contributed by atoms with Crippen molar-refractivity contribution in [3.63, 3.8) is 0 Å². The normalized spacial score (nSPS) is 16.3. The third-order valence-corrected chi connectivity index (χ3v) is 4.26. The summed E-state index contributed by atoms with van der Waals surface area (Å²) >= 11 is 0. The number of halogens is 1. The summed E-state index contributed by atoms with van der Waals surface area (Å²) in [5, 5.41) is 8.85. The zero-order chi connectivity index (χ0) is 16.8. The molecule has 1 unspecified atom stereocenters. The smallest absolute Gasteiger partial charge is 0.248 e. The van der Waals surface area contributed by atoms with Crippen molar-refractivity contribution in [2.45, 2.75) is 19.8 Å². The third kappa shape index (κ3) is 4.76. The molecule has 0 saturated carbocycles. The Hall–Kier alpha value is -1.95. The molecule has 1 N–H and O–H groups in total. The van der Waals surface area contributed by atoms with E-state index in [2.05, 4.69) is 0 Å². The fourth-order valence-corrected chi connectivity index (χ4v) is 2.79. The number of carbonyl (C=O) groups excluding carboxylic acids is 2. The van der Waals surface area contributed by atoms with Gasteiger partial charge in [0.05, 0.1) is 0 Å². The van der Waals surface area contributed by atoms with Gasteiger partial charge in [-0.1, -0.05) is 19.1 Å². The summed E-state index contributed by atoms with van der Waals surface area (Å²) in [6.07, 6.45) is 1.33. The van der Waals surface area contributed by atoms with Gasteiger partial charge in [-0.25, -0.2) is 4.39 Å². The summed E-state index contributed by atoms with van der Waals surface area (Å²) in [4.78, 5) is 27.2. The van der Waals surface area contributed by atoms with Gasteiger partial charge in [0.25, 0.3) is 0 Å². The van der Waals surface area contributed by atoms with Crippen molar-refractivity contribution in [2.75, 3.05) is 32.8 Å². The zero-order valence-electron chi connectivity index (χ0n) is 13.4. The zero-order valence-corrected chi connectivity index (χ0v) is 13.4. The minimum atomic E-state index is -0.488. The average Bonchev–Trinajstić information content (AvgIpc) is 2.58. The molecule has 5 nitrogen and oxygen atoms in total. The average molecular weight is 322 g/mol. The molecule has 6 heteroatoms. The van der Waals surface area contributed by atoms with Crippen LogP contribution in [-0.4, -0.2) is 59.5 Å². The Kier molecular flexibility index (Phi) is 6.10. The largest absolute Gasteiger partial charge is 0.387 e. The molecule has 23 heavy (non-hydrogen) atoms. The number of hydrogen-bond acceptors (Lipinski definition) is 3. The second-order valence-corrected chi connectivity index (χ2v) is 5.93. The van der Waals surface area contributed by atoms with E-state index >= 15 is 0 Å². The minimum Gasteiger partial charge on any atom is -0.387 e. The molecule has 0 bridgehead atoms. The molecule has 0 radical (unpaired) electrons. The first kappa shape index (κ1) is 17.4. The van der Waals surface area contributed by atoms with Crippen LogP contribution in [-0.2, 0) is 16.0 Å². The molecule has 0 spiro atoms. The summed E-state index contributed by atoms with van der Waals surface area (Å²) in [5.74, 6) is -0.627. The number of aryl methyl sites for hydroxylation is 1. The molecule has 1 aliphatic rings. The lowest BCUT2D eigenvalue weighted by Crippen LogP contribution is -2.52. The van der Waals surface area contributed by atoms with Gasteiger partial charge >= 0.3 is 0 Å². The minimum absolute atomic E-state index is 0.0671. The number of piperazine rings is 1. The molecule has 126 valence electrons. The van der Waals surface area contributed by atoms with E-state index in [1.165, 1.54) is 12.1 Å². The van der Waals surface area contributed by atoms with Gasteiger partial charge in [-0.3, -0.25) is 9.59 Å². The van der Waals surface area contributed by atoms with Crippen molar-refractivity contribution in [3.8, 4) is 0 Å². The highest BCUT2D eigenvalue weighted by molar-refractivity contribution is 5.80. The van der Waals surface area contributed by atoms with Crippen LogP contribution in [0, 0.1) is 11.7 Å². The van der Waals surface area contributed by atoms with Gasteiger partial charge in [-0.05, 0) is 30.5 Å². The van der Waals surface area contributed by atoms with E-state index in [1.54, 1.807) is 15.9 Å². The van der Waals surface area contributed by atoms with E-state index in [1.807, 2.05) is 13.0 Å². The molecular formula is C17H23FN2O3. The molecule has 1 aromatic rings. The van der Waals surface area contributed by atoms with E-state index in [9.17, 15) is 14.0 Å². The third-order valence-electron chi connectivity index (χ3n) is 4.26. The Balaban J connectivity index is 1.80. The number of benzene rings is 1. The molecule has 0 aromatic heterocycles. The molecule has 1 saturated heterocycles. The lowest BCUT2D eigenvalue weighted by atomic mass is 9.99. The quantitative estimate of drug-likeness (QED) is 0.882. The fourth-order valence-electron chi connectivity index (χ4n) is 2.79. The van der Waals surface area contributed by atoms with Gasteiger partial charge in [0.15, 0.2) is 0 Å². The lowest BCUT2D eigenvalue weighted by Gasteiger charge is -2.35. The lowest BCUT2D eigenvalue weighted by molar-refractivity contribution is -0.143. The van der Waals surface area contributed by atoms with Crippen molar-refractivity contribution < 1.29 is 19.1 Å². The topological polar surface area (TPSA) is 60.9 Å². The van der Waals surface area contributed by atoms with Gasteiger partial charge < -0.3 is 14.9 Å². The Labute approximate surface area is 135 Å². The Morgan fingerprint density at radius 2 is 1.87 bits per heavy atom. The van der Waals surface area contributed by atoms with Crippen molar-refractivity contribution in [1.29, 1.82) is 0 Å². The molecule has 1 aliphatic heterocycles. The number of aliphatic hydroxyl groups is 1. The maximum atomic E-state index is 13.1. The van der Waals surface area contributed by atoms with E-state index < -0.39 is 6.61 Å². The van der Waals surface area contributed by atoms with Crippen molar-refractivity contribution in [2.24, 2.45) is 5.92 Å². The van der Waals surface area contributed by atoms with Gasteiger partial charge in [-0.2, -0.15) is 0 Å². The van der Waals surface area contributed by atoms with Gasteiger partial charge in [0, 0.05) is 32.1 Å². The van der Waals surface area contributed by atoms with Gasteiger partial charge in [0.2, 0.25) is 11.8 Å². The highest BCUT2D eigenvalue weighted by atomic mass is 19.1. The van der Waals surface area contributed by atoms with Crippen LogP contribution in [0.15, 0.2) is 24.3 Å². The van der Waals surface area contributed by atoms with Crippen molar-refractivity contribution in [1.82, 2.24) is 9.80 Å². The second-order valence-electron chi connectivity index (χ2n) is 5.93. The predicted octanol–water partition coefficient (Wildman–Crippen LogP) is 1.06. The first-order chi connectivity index (χ1) is 11.0. The highest BCUT2D eigenvalue weighted by Gasteiger charge is 2.26. The van der Waals surface area contributed by atoms with E-state index in [4.69, 9.17) is 5.11 Å². The van der Waals surface area contributed by atoms with Crippen LogP contribution in [0.2, 0.25) is 0 Å². The van der Waals surface area contributed by atoms with Gasteiger partial charge in [-0.15, -0.1) is 0 Å².